The van der Waals surface area contributed by atoms with Crippen LogP contribution in [0.3, 0.4) is 0 Å². The molecule has 0 spiro atoms. The summed E-state index contributed by atoms with van der Waals surface area (Å²) in [5.41, 5.74) is 0.290. The van der Waals surface area contributed by atoms with Crippen LogP contribution < -0.4 is 0 Å². The molecule has 0 bridgehead atoms. The Morgan fingerprint density at radius 1 is 1.15 bits per heavy atom. The van der Waals surface area contributed by atoms with E-state index in [0.717, 1.165) is 19.3 Å². The molecule has 2 heteroatoms. The average molecular weight is 186 g/mol. The summed E-state index contributed by atoms with van der Waals surface area (Å²) < 4.78 is 5.33. The zero-order valence-electron chi connectivity index (χ0n) is 9.21. The first-order valence-corrected chi connectivity index (χ1v) is 5.14. The van der Waals surface area contributed by atoms with Crippen LogP contribution in [0.5, 0.6) is 0 Å². The van der Waals surface area contributed by atoms with Crippen LogP contribution in [0, 0.1) is 11.3 Å². The van der Waals surface area contributed by atoms with Crippen LogP contribution in [-0.2, 0) is 4.74 Å². The van der Waals surface area contributed by atoms with Crippen LogP contribution >= 0.6 is 0 Å². The van der Waals surface area contributed by atoms with E-state index in [-0.39, 0.29) is 17.6 Å². The highest BCUT2D eigenvalue weighted by atomic mass is 16.5. The molecule has 0 aliphatic heterocycles. The van der Waals surface area contributed by atoms with Crippen molar-refractivity contribution in [1.29, 1.82) is 0 Å². The van der Waals surface area contributed by atoms with Gasteiger partial charge in [0.1, 0.15) is 0 Å². The van der Waals surface area contributed by atoms with Crippen LogP contribution in [0.4, 0.5) is 0 Å². The number of ether oxygens (including phenoxy) is 1. The topological polar surface area (TPSA) is 29.5 Å². The summed E-state index contributed by atoms with van der Waals surface area (Å²) in [4.78, 5) is 0. The lowest BCUT2D eigenvalue weighted by molar-refractivity contribution is -0.0347. The molecule has 1 aliphatic carbocycles. The van der Waals surface area contributed by atoms with Gasteiger partial charge >= 0.3 is 0 Å². The molecule has 0 aromatic rings. The van der Waals surface area contributed by atoms with Crippen LogP contribution in [0.2, 0.25) is 0 Å². The van der Waals surface area contributed by atoms with Crippen molar-refractivity contribution in [1.82, 2.24) is 0 Å². The molecule has 13 heavy (non-hydrogen) atoms. The second-order valence-electron chi connectivity index (χ2n) is 5.28. The maximum absolute atomic E-state index is 9.66. The smallest absolute Gasteiger partial charge is 0.0598 e. The summed E-state index contributed by atoms with van der Waals surface area (Å²) in [6.45, 7) is 6.72. The molecule has 0 aromatic heterocycles. The molecule has 0 radical (unpaired) electrons. The van der Waals surface area contributed by atoms with Crippen molar-refractivity contribution >= 4 is 0 Å². The third-order valence-electron chi connectivity index (χ3n) is 3.20. The zero-order chi connectivity index (χ0) is 10.1. The second kappa shape index (κ2) is 3.97. The Kier molecular flexibility index (Phi) is 3.36. The van der Waals surface area contributed by atoms with Crippen LogP contribution in [0.1, 0.15) is 40.0 Å². The third-order valence-corrected chi connectivity index (χ3v) is 3.20. The van der Waals surface area contributed by atoms with Gasteiger partial charge in [-0.05, 0) is 30.6 Å². The summed E-state index contributed by atoms with van der Waals surface area (Å²) in [5, 5.41) is 9.66. The maximum atomic E-state index is 9.66. The first-order valence-electron chi connectivity index (χ1n) is 5.14. The lowest BCUT2D eigenvalue weighted by Crippen LogP contribution is -2.36. The van der Waals surface area contributed by atoms with Crippen molar-refractivity contribution in [3.05, 3.63) is 0 Å². The molecular weight excluding hydrogens is 164 g/mol. The molecule has 1 fully saturated rings. The molecular formula is C11H22O2. The highest BCUT2D eigenvalue weighted by Crippen LogP contribution is 2.38. The van der Waals surface area contributed by atoms with Gasteiger partial charge in [-0.15, -0.1) is 0 Å². The molecule has 0 aromatic carbocycles. The molecule has 1 rings (SSSR count). The Labute approximate surface area is 81.3 Å². The maximum Gasteiger partial charge on any atom is 0.0598 e. The molecule has 1 saturated carbocycles. The average Bonchev–Trinajstić information content (AvgIpc) is 2.01. The van der Waals surface area contributed by atoms with Gasteiger partial charge in [-0.25, -0.2) is 0 Å². The van der Waals surface area contributed by atoms with E-state index in [1.807, 2.05) is 0 Å². The molecule has 0 amide bonds. The molecule has 0 saturated heterocycles. The standard InChI is InChI=1S/C11H22O2/c1-11(2,3)8-5-9(12)7-10(6-8)13-4/h8-10,12H,5-7H2,1-4H3/t8-,9-,10+/m1/s1. The van der Waals surface area contributed by atoms with E-state index in [9.17, 15) is 5.11 Å². The fraction of sp³-hybridized carbons (Fsp3) is 1.00. The fourth-order valence-electron chi connectivity index (χ4n) is 2.14. The number of methoxy groups -OCH3 is 1. The van der Waals surface area contributed by atoms with Gasteiger partial charge in [-0.2, -0.15) is 0 Å². The molecule has 0 unspecified atom stereocenters. The van der Waals surface area contributed by atoms with E-state index < -0.39 is 0 Å². The van der Waals surface area contributed by atoms with E-state index >= 15 is 0 Å². The monoisotopic (exact) mass is 186 g/mol. The van der Waals surface area contributed by atoms with Crippen LogP contribution in [0.25, 0.3) is 0 Å². The van der Waals surface area contributed by atoms with E-state index in [2.05, 4.69) is 20.8 Å². The SMILES string of the molecule is CO[C@@H]1C[C@H](O)C[C@@H](C(C)(C)C)C1. The minimum Gasteiger partial charge on any atom is -0.393 e. The molecule has 78 valence electrons. The molecule has 2 nitrogen and oxygen atoms in total. The molecule has 3 atom stereocenters. The van der Waals surface area contributed by atoms with Crippen molar-refractivity contribution < 1.29 is 9.84 Å². The second-order valence-corrected chi connectivity index (χ2v) is 5.28. The Balaban J connectivity index is 2.57. The number of hydrogen-bond acceptors (Lipinski definition) is 2. The largest absolute Gasteiger partial charge is 0.393 e. The Hall–Kier alpha value is -0.0800. The van der Waals surface area contributed by atoms with E-state index in [0.29, 0.717) is 5.92 Å². The van der Waals surface area contributed by atoms with Gasteiger partial charge in [0.2, 0.25) is 0 Å². The summed E-state index contributed by atoms with van der Waals surface area (Å²) in [7, 11) is 1.74. The first kappa shape index (κ1) is 11.0. The first-order chi connectivity index (χ1) is 5.93. The van der Waals surface area contributed by atoms with Gasteiger partial charge in [-0.1, -0.05) is 20.8 Å². The highest BCUT2D eigenvalue weighted by Gasteiger charge is 2.34. The number of aliphatic hydroxyl groups is 1. The summed E-state index contributed by atoms with van der Waals surface area (Å²) in [6.07, 6.45) is 2.93. The third kappa shape index (κ3) is 2.96. The molecule has 1 aliphatic rings. The summed E-state index contributed by atoms with van der Waals surface area (Å²) >= 11 is 0. The Morgan fingerprint density at radius 2 is 1.77 bits per heavy atom. The van der Waals surface area contributed by atoms with Crippen molar-refractivity contribution in [3.63, 3.8) is 0 Å². The van der Waals surface area contributed by atoms with Gasteiger partial charge in [0.15, 0.2) is 0 Å². The molecule has 1 N–H and O–H groups in total. The predicted octanol–water partition coefficient (Wildman–Crippen LogP) is 2.21. The Bertz CT molecular complexity index is 160. The number of hydrogen-bond donors (Lipinski definition) is 1. The van der Waals surface area contributed by atoms with Gasteiger partial charge in [0.25, 0.3) is 0 Å². The Morgan fingerprint density at radius 3 is 2.23 bits per heavy atom. The van der Waals surface area contributed by atoms with Crippen LogP contribution in [-0.4, -0.2) is 24.4 Å². The quantitative estimate of drug-likeness (QED) is 0.680. The van der Waals surface area contributed by atoms with Gasteiger partial charge in [-0.3, -0.25) is 0 Å². The number of aliphatic hydroxyl groups excluding tert-OH is 1. The van der Waals surface area contributed by atoms with Crippen molar-refractivity contribution in [2.24, 2.45) is 11.3 Å². The van der Waals surface area contributed by atoms with Gasteiger partial charge in [0, 0.05) is 7.11 Å². The van der Waals surface area contributed by atoms with E-state index in [4.69, 9.17) is 4.74 Å². The predicted molar refractivity (Wildman–Crippen MR) is 53.6 cm³/mol. The minimum absolute atomic E-state index is 0.164. The van der Waals surface area contributed by atoms with E-state index in [1.165, 1.54) is 0 Å². The van der Waals surface area contributed by atoms with Crippen molar-refractivity contribution in [3.8, 4) is 0 Å². The summed E-state index contributed by atoms with van der Waals surface area (Å²) in [6, 6.07) is 0. The lowest BCUT2D eigenvalue weighted by Gasteiger charge is -2.39. The lowest BCUT2D eigenvalue weighted by atomic mass is 9.71. The van der Waals surface area contributed by atoms with E-state index in [1.54, 1.807) is 7.11 Å². The zero-order valence-corrected chi connectivity index (χ0v) is 9.21. The van der Waals surface area contributed by atoms with Crippen molar-refractivity contribution in [2.75, 3.05) is 7.11 Å². The minimum atomic E-state index is -0.164. The summed E-state index contributed by atoms with van der Waals surface area (Å²) in [5.74, 6) is 0.584. The van der Waals surface area contributed by atoms with Crippen LogP contribution in [0.15, 0.2) is 0 Å². The highest BCUT2D eigenvalue weighted by molar-refractivity contribution is 4.85. The van der Waals surface area contributed by atoms with Crippen molar-refractivity contribution in [2.45, 2.75) is 52.2 Å². The number of rotatable bonds is 1. The van der Waals surface area contributed by atoms with Gasteiger partial charge in [0.05, 0.1) is 12.2 Å². The van der Waals surface area contributed by atoms with Gasteiger partial charge < -0.3 is 9.84 Å². The fourth-order valence-corrected chi connectivity index (χ4v) is 2.14. The molecule has 0 heterocycles. The normalized spacial score (nSPS) is 36.2.